The van der Waals surface area contributed by atoms with Crippen LogP contribution in [0.2, 0.25) is 0 Å². The van der Waals surface area contributed by atoms with Crippen LogP contribution in [0.1, 0.15) is 16.8 Å². The molecule has 1 heterocycles. The Bertz CT molecular complexity index is 813. The highest BCUT2D eigenvalue weighted by molar-refractivity contribution is 9.10. The first-order valence-electron chi connectivity index (χ1n) is 7.45. The number of hydrogen-bond donors (Lipinski definition) is 0. The average molecular weight is 402 g/mol. The first-order valence-corrected chi connectivity index (χ1v) is 9.12. The van der Waals surface area contributed by atoms with Gasteiger partial charge in [-0.2, -0.15) is 5.11 Å². The monoisotopic (exact) mass is 401 g/mol. The van der Waals surface area contributed by atoms with Crippen molar-refractivity contribution in [1.29, 1.82) is 0 Å². The highest BCUT2D eigenvalue weighted by atomic mass is 79.9. The van der Waals surface area contributed by atoms with Crippen LogP contribution in [-0.2, 0) is 13.2 Å². The maximum Gasteiger partial charge on any atom is 0.229 e. The molecule has 0 bridgehead atoms. The van der Waals surface area contributed by atoms with Crippen LogP contribution in [0, 0.1) is 6.92 Å². The lowest BCUT2D eigenvalue weighted by atomic mass is 10.2. The van der Waals surface area contributed by atoms with Crippen LogP contribution in [0.5, 0.6) is 5.75 Å². The Morgan fingerprint density at radius 3 is 2.42 bits per heavy atom. The van der Waals surface area contributed by atoms with Crippen LogP contribution in [-0.4, -0.2) is 4.98 Å². The smallest absolute Gasteiger partial charge is 0.229 e. The van der Waals surface area contributed by atoms with E-state index in [1.807, 2.05) is 60.8 Å². The predicted octanol–water partition coefficient (Wildman–Crippen LogP) is 6.08. The van der Waals surface area contributed by atoms with Gasteiger partial charge in [0.15, 0.2) is 0 Å². The highest BCUT2D eigenvalue weighted by Crippen LogP contribution is 2.20. The van der Waals surface area contributed by atoms with Gasteiger partial charge >= 0.3 is 0 Å². The van der Waals surface area contributed by atoms with Crippen LogP contribution < -0.4 is 4.74 Å². The van der Waals surface area contributed by atoms with Crippen LogP contribution >= 0.6 is 27.3 Å². The first kappa shape index (κ1) is 16.8. The molecular formula is C18H16BrN3OS. The molecule has 0 saturated carbocycles. The third-order valence-electron chi connectivity index (χ3n) is 3.26. The summed E-state index contributed by atoms with van der Waals surface area (Å²) < 4.78 is 6.85. The molecule has 2 aromatic carbocycles. The second-order valence-electron chi connectivity index (χ2n) is 5.23. The van der Waals surface area contributed by atoms with E-state index in [0.29, 0.717) is 18.3 Å². The lowest BCUT2D eigenvalue weighted by Gasteiger charge is -2.07. The highest BCUT2D eigenvalue weighted by Gasteiger charge is 1.98. The zero-order chi connectivity index (χ0) is 16.8. The van der Waals surface area contributed by atoms with Crippen molar-refractivity contribution in [3.8, 4) is 5.75 Å². The molecular weight excluding hydrogens is 386 g/mol. The van der Waals surface area contributed by atoms with Gasteiger partial charge in [-0.05, 0) is 42.3 Å². The van der Waals surface area contributed by atoms with E-state index in [1.165, 1.54) is 11.3 Å². The molecule has 3 aromatic rings. The molecule has 0 saturated heterocycles. The average Bonchev–Trinajstić information content (AvgIpc) is 3.01. The number of hydrogen-bond acceptors (Lipinski definition) is 5. The van der Waals surface area contributed by atoms with Gasteiger partial charge < -0.3 is 4.74 Å². The number of rotatable bonds is 6. The van der Waals surface area contributed by atoms with Crippen molar-refractivity contribution in [3.05, 3.63) is 75.2 Å². The van der Waals surface area contributed by atoms with Crippen LogP contribution in [0.4, 0.5) is 5.13 Å². The molecule has 0 atom stereocenters. The zero-order valence-electron chi connectivity index (χ0n) is 13.1. The Labute approximate surface area is 153 Å². The minimum atomic E-state index is 0.533. The molecule has 0 unspecified atom stereocenters. The second-order valence-corrected chi connectivity index (χ2v) is 6.98. The van der Waals surface area contributed by atoms with Crippen molar-refractivity contribution in [3.63, 3.8) is 0 Å². The van der Waals surface area contributed by atoms with Crippen molar-refractivity contribution in [2.75, 3.05) is 0 Å². The fraction of sp³-hybridized carbons (Fsp3) is 0.167. The number of benzene rings is 2. The third-order valence-corrected chi connectivity index (χ3v) is 4.63. The van der Waals surface area contributed by atoms with Gasteiger partial charge in [0.25, 0.3) is 0 Å². The minimum Gasteiger partial charge on any atom is -0.489 e. The van der Waals surface area contributed by atoms with Gasteiger partial charge in [0, 0.05) is 9.85 Å². The minimum absolute atomic E-state index is 0.533. The molecule has 0 aliphatic rings. The summed E-state index contributed by atoms with van der Waals surface area (Å²) in [4.78, 5) is 4.25. The van der Waals surface area contributed by atoms with E-state index in [9.17, 15) is 0 Å². The molecule has 122 valence electrons. The first-order chi connectivity index (χ1) is 11.7. The number of nitrogens with zero attached hydrogens (tertiary/aromatic N) is 3. The Morgan fingerprint density at radius 1 is 1.04 bits per heavy atom. The SMILES string of the molecule is Cc1csc(N=NCc2ccc(OCc3ccc(Br)cc3)cc2)n1. The summed E-state index contributed by atoms with van der Waals surface area (Å²) in [6.45, 7) is 3.03. The summed E-state index contributed by atoms with van der Waals surface area (Å²) in [7, 11) is 0. The molecule has 0 aliphatic heterocycles. The maximum atomic E-state index is 5.79. The number of halogens is 1. The van der Waals surface area contributed by atoms with Gasteiger partial charge in [0.2, 0.25) is 5.13 Å². The molecule has 0 amide bonds. The van der Waals surface area contributed by atoms with E-state index in [2.05, 4.69) is 31.1 Å². The molecule has 0 N–H and O–H groups in total. The predicted molar refractivity (Wildman–Crippen MR) is 100.0 cm³/mol. The molecule has 0 fully saturated rings. The van der Waals surface area contributed by atoms with Gasteiger partial charge in [-0.15, -0.1) is 16.5 Å². The van der Waals surface area contributed by atoms with Crippen molar-refractivity contribution >= 4 is 32.4 Å². The van der Waals surface area contributed by atoms with E-state index >= 15 is 0 Å². The maximum absolute atomic E-state index is 5.79. The van der Waals surface area contributed by atoms with Crippen LogP contribution in [0.25, 0.3) is 0 Å². The van der Waals surface area contributed by atoms with E-state index in [0.717, 1.165) is 27.0 Å². The molecule has 1 aromatic heterocycles. The Kier molecular flexibility index (Phi) is 5.72. The van der Waals surface area contributed by atoms with Crippen molar-refractivity contribution in [1.82, 2.24) is 4.98 Å². The molecule has 0 aliphatic carbocycles. The Morgan fingerprint density at radius 2 is 1.75 bits per heavy atom. The summed E-state index contributed by atoms with van der Waals surface area (Å²) in [5, 5.41) is 11.0. The molecule has 24 heavy (non-hydrogen) atoms. The van der Waals surface area contributed by atoms with Crippen LogP contribution in [0.15, 0.2) is 68.6 Å². The normalized spacial score (nSPS) is 11.1. The summed E-state index contributed by atoms with van der Waals surface area (Å²) >= 11 is 4.92. The van der Waals surface area contributed by atoms with Crippen molar-refractivity contribution in [2.24, 2.45) is 10.2 Å². The lowest BCUT2D eigenvalue weighted by molar-refractivity contribution is 0.306. The van der Waals surface area contributed by atoms with Gasteiger partial charge in [-0.25, -0.2) is 4.98 Å². The van der Waals surface area contributed by atoms with E-state index < -0.39 is 0 Å². The summed E-state index contributed by atoms with van der Waals surface area (Å²) in [6, 6.07) is 16.0. The van der Waals surface area contributed by atoms with Crippen LogP contribution in [0.3, 0.4) is 0 Å². The Hall–Kier alpha value is -2.05. The van der Waals surface area contributed by atoms with Gasteiger partial charge in [-0.3, -0.25) is 0 Å². The molecule has 6 heteroatoms. The third kappa shape index (κ3) is 4.97. The largest absolute Gasteiger partial charge is 0.489 e. The number of aryl methyl sites for hydroxylation is 1. The van der Waals surface area contributed by atoms with Gasteiger partial charge in [0.05, 0.1) is 12.2 Å². The lowest BCUT2D eigenvalue weighted by Crippen LogP contribution is -1.95. The zero-order valence-corrected chi connectivity index (χ0v) is 15.5. The number of ether oxygens (including phenoxy) is 1. The van der Waals surface area contributed by atoms with Crippen molar-refractivity contribution in [2.45, 2.75) is 20.1 Å². The van der Waals surface area contributed by atoms with E-state index in [4.69, 9.17) is 4.74 Å². The molecule has 3 rings (SSSR count). The standard InChI is InChI=1S/C18H16BrN3OS/c1-13-12-24-18(21-13)22-20-10-14-4-8-17(9-5-14)23-11-15-2-6-16(19)7-3-15/h2-9,12H,10-11H2,1H3. The number of thiazole rings is 1. The van der Waals surface area contributed by atoms with E-state index in [-0.39, 0.29) is 0 Å². The second kappa shape index (κ2) is 8.17. The van der Waals surface area contributed by atoms with E-state index in [1.54, 1.807) is 0 Å². The Balaban J connectivity index is 1.51. The number of aromatic nitrogens is 1. The molecule has 4 nitrogen and oxygen atoms in total. The summed E-state index contributed by atoms with van der Waals surface area (Å²) in [6.07, 6.45) is 0. The summed E-state index contributed by atoms with van der Waals surface area (Å²) in [5.41, 5.74) is 3.19. The van der Waals surface area contributed by atoms with Gasteiger partial charge in [0.1, 0.15) is 12.4 Å². The number of azo groups is 1. The fourth-order valence-corrected chi connectivity index (χ4v) is 2.90. The summed E-state index contributed by atoms with van der Waals surface area (Å²) in [5.74, 6) is 0.842. The molecule has 0 spiro atoms. The molecule has 0 radical (unpaired) electrons. The fourth-order valence-electron chi connectivity index (χ4n) is 2.00. The van der Waals surface area contributed by atoms with Gasteiger partial charge in [-0.1, -0.05) is 40.2 Å². The van der Waals surface area contributed by atoms with Crippen molar-refractivity contribution < 1.29 is 4.74 Å². The quantitative estimate of drug-likeness (QED) is 0.470. The topological polar surface area (TPSA) is 46.8 Å².